The van der Waals surface area contributed by atoms with Gasteiger partial charge in [0.05, 0.1) is 12.3 Å². The largest absolute Gasteiger partial charge is 0.508 e. The first-order chi connectivity index (χ1) is 8.18. The molecule has 0 aliphatic carbocycles. The SMILES string of the molecule is C[C@H](NCc1c(O)cccc1Cl)c1ccco1. The summed E-state index contributed by atoms with van der Waals surface area (Å²) in [4.78, 5) is 0. The van der Waals surface area contributed by atoms with Crippen molar-refractivity contribution in [2.24, 2.45) is 0 Å². The number of hydrogen-bond donors (Lipinski definition) is 2. The van der Waals surface area contributed by atoms with Gasteiger partial charge in [-0.3, -0.25) is 0 Å². The zero-order valence-corrected chi connectivity index (χ0v) is 10.2. The third kappa shape index (κ3) is 2.81. The van der Waals surface area contributed by atoms with Crippen molar-refractivity contribution < 1.29 is 9.52 Å². The molecule has 0 saturated heterocycles. The Balaban J connectivity index is 2.03. The summed E-state index contributed by atoms with van der Waals surface area (Å²) < 4.78 is 5.29. The molecule has 0 saturated carbocycles. The second kappa shape index (κ2) is 5.25. The van der Waals surface area contributed by atoms with Crippen LogP contribution in [0.3, 0.4) is 0 Å². The van der Waals surface area contributed by atoms with Gasteiger partial charge in [0.25, 0.3) is 0 Å². The molecule has 1 aromatic heterocycles. The molecular weight excluding hydrogens is 238 g/mol. The van der Waals surface area contributed by atoms with E-state index in [0.29, 0.717) is 17.1 Å². The summed E-state index contributed by atoms with van der Waals surface area (Å²) in [5, 5.41) is 13.5. The molecule has 0 aliphatic heterocycles. The summed E-state index contributed by atoms with van der Waals surface area (Å²) in [6.45, 7) is 2.49. The van der Waals surface area contributed by atoms with Crippen molar-refractivity contribution in [2.75, 3.05) is 0 Å². The van der Waals surface area contributed by atoms with Gasteiger partial charge in [-0.1, -0.05) is 17.7 Å². The first kappa shape index (κ1) is 12.0. The Kier molecular flexibility index (Phi) is 3.71. The van der Waals surface area contributed by atoms with Gasteiger partial charge in [0.1, 0.15) is 11.5 Å². The topological polar surface area (TPSA) is 45.4 Å². The zero-order valence-electron chi connectivity index (χ0n) is 9.48. The summed E-state index contributed by atoms with van der Waals surface area (Å²) in [7, 11) is 0. The van der Waals surface area contributed by atoms with Crippen molar-refractivity contribution in [3.05, 3.63) is 52.9 Å². The van der Waals surface area contributed by atoms with Crippen molar-refractivity contribution in [1.29, 1.82) is 0 Å². The molecule has 2 aromatic rings. The maximum atomic E-state index is 9.69. The Labute approximate surface area is 105 Å². The lowest BCUT2D eigenvalue weighted by molar-refractivity contribution is 0.422. The summed E-state index contributed by atoms with van der Waals surface area (Å²) in [5.41, 5.74) is 0.701. The fourth-order valence-electron chi connectivity index (χ4n) is 1.62. The Morgan fingerprint density at radius 1 is 1.35 bits per heavy atom. The van der Waals surface area contributed by atoms with E-state index in [2.05, 4.69) is 5.32 Å². The average Bonchev–Trinajstić information content (AvgIpc) is 2.81. The number of aromatic hydroxyl groups is 1. The molecule has 2 rings (SSSR count). The number of benzene rings is 1. The Bertz CT molecular complexity index is 462. The number of nitrogens with one attached hydrogen (secondary N) is 1. The lowest BCUT2D eigenvalue weighted by Crippen LogP contribution is -2.17. The molecule has 0 bridgehead atoms. The Morgan fingerprint density at radius 3 is 2.82 bits per heavy atom. The van der Waals surface area contributed by atoms with Gasteiger partial charge in [0, 0.05) is 17.1 Å². The van der Waals surface area contributed by atoms with Gasteiger partial charge in [0.15, 0.2) is 0 Å². The van der Waals surface area contributed by atoms with Crippen molar-refractivity contribution in [3.63, 3.8) is 0 Å². The molecule has 3 nitrogen and oxygen atoms in total. The molecule has 0 radical (unpaired) electrons. The monoisotopic (exact) mass is 251 g/mol. The van der Waals surface area contributed by atoms with Gasteiger partial charge in [-0.25, -0.2) is 0 Å². The molecule has 0 spiro atoms. The first-order valence-electron chi connectivity index (χ1n) is 5.41. The third-order valence-corrected chi connectivity index (χ3v) is 3.00. The molecule has 0 unspecified atom stereocenters. The van der Waals surface area contributed by atoms with E-state index in [-0.39, 0.29) is 11.8 Å². The predicted octanol–water partition coefficient (Wildman–Crippen LogP) is 3.49. The van der Waals surface area contributed by atoms with E-state index in [9.17, 15) is 5.11 Å². The smallest absolute Gasteiger partial charge is 0.121 e. The number of phenolic OH excluding ortho intramolecular Hbond substituents is 1. The highest BCUT2D eigenvalue weighted by atomic mass is 35.5. The van der Waals surface area contributed by atoms with E-state index < -0.39 is 0 Å². The standard InChI is InChI=1S/C13H14ClNO2/c1-9(13-6-3-7-17-13)15-8-10-11(14)4-2-5-12(10)16/h2-7,9,15-16H,8H2,1H3/t9-/m0/s1. The van der Waals surface area contributed by atoms with Crippen LogP contribution >= 0.6 is 11.6 Å². The molecular formula is C13H14ClNO2. The molecule has 0 fully saturated rings. The molecule has 4 heteroatoms. The minimum Gasteiger partial charge on any atom is -0.508 e. The van der Waals surface area contributed by atoms with Crippen LogP contribution in [0.2, 0.25) is 5.02 Å². The third-order valence-electron chi connectivity index (χ3n) is 2.65. The highest BCUT2D eigenvalue weighted by molar-refractivity contribution is 6.31. The summed E-state index contributed by atoms with van der Waals surface area (Å²) in [5.74, 6) is 1.06. The van der Waals surface area contributed by atoms with E-state index in [1.807, 2.05) is 19.1 Å². The number of halogens is 1. The van der Waals surface area contributed by atoms with Crippen LogP contribution in [0.25, 0.3) is 0 Å². The second-order valence-corrected chi connectivity index (χ2v) is 4.26. The van der Waals surface area contributed by atoms with Gasteiger partial charge in [-0.05, 0) is 31.2 Å². The fourth-order valence-corrected chi connectivity index (χ4v) is 1.85. The van der Waals surface area contributed by atoms with Crippen molar-refractivity contribution in [3.8, 4) is 5.75 Å². The molecule has 1 aromatic carbocycles. The molecule has 1 heterocycles. The number of phenols is 1. The zero-order chi connectivity index (χ0) is 12.3. The van der Waals surface area contributed by atoms with Crippen LogP contribution < -0.4 is 5.32 Å². The van der Waals surface area contributed by atoms with Crippen LogP contribution in [0, 0.1) is 0 Å². The number of rotatable bonds is 4. The van der Waals surface area contributed by atoms with Gasteiger partial charge in [0.2, 0.25) is 0 Å². The quantitative estimate of drug-likeness (QED) is 0.874. The van der Waals surface area contributed by atoms with Crippen LogP contribution in [-0.4, -0.2) is 5.11 Å². The minimum atomic E-state index is 0.0701. The van der Waals surface area contributed by atoms with Crippen LogP contribution in [0.1, 0.15) is 24.3 Å². The highest BCUT2D eigenvalue weighted by Crippen LogP contribution is 2.25. The summed E-state index contributed by atoms with van der Waals surface area (Å²) in [6, 6.07) is 8.93. The molecule has 2 N–H and O–H groups in total. The molecule has 0 aliphatic rings. The number of furan rings is 1. The predicted molar refractivity (Wildman–Crippen MR) is 67.1 cm³/mol. The van der Waals surface area contributed by atoms with Crippen LogP contribution in [-0.2, 0) is 6.54 Å². The normalized spacial score (nSPS) is 12.6. The average molecular weight is 252 g/mol. The minimum absolute atomic E-state index is 0.0701. The van der Waals surface area contributed by atoms with Gasteiger partial charge in [-0.2, -0.15) is 0 Å². The van der Waals surface area contributed by atoms with E-state index in [0.717, 1.165) is 5.76 Å². The van der Waals surface area contributed by atoms with Crippen LogP contribution in [0.15, 0.2) is 41.0 Å². The first-order valence-corrected chi connectivity index (χ1v) is 5.79. The van der Waals surface area contributed by atoms with Crippen LogP contribution in [0.5, 0.6) is 5.75 Å². The molecule has 1 atom stereocenters. The van der Waals surface area contributed by atoms with Crippen molar-refractivity contribution in [1.82, 2.24) is 5.32 Å². The summed E-state index contributed by atoms with van der Waals surface area (Å²) in [6.07, 6.45) is 1.64. The maximum Gasteiger partial charge on any atom is 0.121 e. The van der Waals surface area contributed by atoms with Crippen LogP contribution in [0.4, 0.5) is 0 Å². The Morgan fingerprint density at radius 2 is 2.18 bits per heavy atom. The van der Waals surface area contributed by atoms with Gasteiger partial charge < -0.3 is 14.8 Å². The lowest BCUT2D eigenvalue weighted by Gasteiger charge is -2.13. The highest BCUT2D eigenvalue weighted by Gasteiger charge is 2.10. The van der Waals surface area contributed by atoms with E-state index >= 15 is 0 Å². The number of hydrogen-bond acceptors (Lipinski definition) is 3. The van der Waals surface area contributed by atoms with Crippen molar-refractivity contribution in [2.45, 2.75) is 19.5 Å². The van der Waals surface area contributed by atoms with Gasteiger partial charge in [-0.15, -0.1) is 0 Å². The van der Waals surface area contributed by atoms with E-state index in [1.165, 1.54) is 0 Å². The van der Waals surface area contributed by atoms with E-state index in [1.54, 1.807) is 24.5 Å². The Hall–Kier alpha value is -1.45. The van der Waals surface area contributed by atoms with Gasteiger partial charge >= 0.3 is 0 Å². The second-order valence-electron chi connectivity index (χ2n) is 3.86. The summed E-state index contributed by atoms with van der Waals surface area (Å²) >= 11 is 6.01. The maximum absolute atomic E-state index is 9.69. The van der Waals surface area contributed by atoms with E-state index in [4.69, 9.17) is 16.0 Å². The molecule has 17 heavy (non-hydrogen) atoms. The lowest BCUT2D eigenvalue weighted by atomic mass is 10.1. The van der Waals surface area contributed by atoms with Crippen molar-refractivity contribution >= 4 is 11.6 Å². The molecule has 0 amide bonds. The fraction of sp³-hybridized carbons (Fsp3) is 0.231. The molecule has 90 valence electrons.